The molecule has 3 heteroatoms. The van der Waals surface area contributed by atoms with Crippen molar-refractivity contribution >= 4 is 5.91 Å². The largest absolute Gasteiger partial charge is 0.348 e. The third kappa shape index (κ3) is 3.85. The van der Waals surface area contributed by atoms with Crippen LogP contribution in [0.5, 0.6) is 0 Å². The molecule has 0 unspecified atom stereocenters. The van der Waals surface area contributed by atoms with Crippen LogP contribution >= 0.6 is 0 Å². The molecular weight excluding hydrogens is 260 g/mol. The van der Waals surface area contributed by atoms with Gasteiger partial charge in [0.1, 0.15) is 0 Å². The Balaban J connectivity index is 1.73. The van der Waals surface area contributed by atoms with Gasteiger partial charge in [-0.25, -0.2) is 0 Å². The van der Waals surface area contributed by atoms with Gasteiger partial charge in [-0.05, 0) is 32.1 Å². The van der Waals surface area contributed by atoms with Crippen LogP contribution in [0.1, 0.15) is 57.1 Å². The second kappa shape index (κ2) is 6.61. The van der Waals surface area contributed by atoms with Gasteiger partial charge in [0.2, 0.25) is 0 Å². The van der Waals surface area contributed by atoms with Crippen molar-refractivity contribution in [1.29, 1.82) is 0 Å². The van der Waals surface area contributed by atoms with Crippen LogP contribution in [0.25, 0.3) is 0 Å². The van der Waals surface area contributed by atoms with E-state index in [0.29, 0.717) is 18.0 Å². The molecule has 2 saturated carbocycles. The minimum Gasteiger partial charge on any atom is -0.348 e. The smallest absolute Gasteiger partial charge is 0.283 e. The van der Waals surface area contributed by atoms with Gasteiger partial charge in [-0.15, -0.1) is 0 Å². The summed E-state index contributed by atoms with van der Waals surface area (Å²) in [6, 6.07) is 11.2. The average molecular weight is 287 g/mol. The van der Waals surface area contributed by atoms with Crippen LogP contribution in [0.4, 0.5) is 0 Å². The topological polar surface area (TPSA) is 45.7 Å². The lowest BCUT2D eigenvalue weighted by molar-refractivity contribution is -0.723. The first kappa shape index (κ1) is 14.6. The van der Waals surface area contributed by atoms with Gasteiger partial charge in [0.05, 0.1) is 6.04 Å². The Kier molecular flexibility index (Phi) is 4.59. The molecule has 0 aliphatic heterocycles. The minimum absolute atomic E-state index is 0.0858. The number of benzene rings is 1. The lowest BCUT2D eigenvalue weighted by Crippen LogP contribution is -2.94. The molecule has 3 atom stereocenters. The molecule has 2 fully saturated rings. The number of rotatable bonds is 5. The monoisotopic (exact) mass is 287 g/mol. The Labute approximate surface area is 127 Å². The molecular formula is C18H27N2O+. The lowest BCUT2D eigenvalue weighted by Gasteiger charge is -2.30. The number of amides is 1. The molecule has 1 aromatic carbocycles. The van der Waals surface area contributed by atoms with Crippen molar-refractivity contribution < 1.29 is 10.1 Å². The number of hydrogen-bond acceptors (Lipinski definition) is 1. The molecule has 3 rings (SSSR count). The van der Waals surface area contributed by atoms with Crippen molar-refractivity contribution in [2.75, 3.05) is 0 Å². The molecule has 0 bridgehead atoms. The van der Waals surface area contributed by atoms with Gasteiger partial charge < -0.3 is 10.6 Å². The third-order valence-corrected chi connectivity index (χ3v) is 4.98. The Bertz CT molecular complexity index is 469. The van der Waals surface area contributed by atoms with Crippen LogP contribution in [-0.4, -0.2) is 18.0 Å². The summed E-state index contributed by atoms with van der Waals surface area (Å²) in [5, 5.41) is 5.52. The highest BCUT2D eigenvalue weighted by Gasteiger charge is 2.34. The van der Waals surface area contributed by atoms with Crippen LogP contribution in [0.3, 0.4) is 0 Å². The maximum Gasteiger partial charge on any atom is 0.283 e. The number of carbonyl (C=O) groups excluding carboxylic acids is 1. The molecule has 3 N–H and O–H groups in total. The number of nitrogens with two attached hydrogens (primary N) is 1. The van der Waals surface area contributed by atoms with Crippen molar-refractivity contribution in [2.45, 2.75) is 63.6 Å². The zero-order valence-electron chi connectivity index (χ0n) is 12.9. The fourth-order valence-electron chi connectivity index (χ4n) is 3.41. The average Bonchev–Trinajstić information content (AvgIpc) is 3.31. The van der Waals surface area contributed by atoms with Crippen LogP contribution in [0, 0.1) is 5.92 Å². The van der Waals surface area contributed by atoms with Crippen molar-refractivity contribution in [2.24, 2.45) is 5.92 Å². The Morgan fingerprint density at radius 1 is 1.14 bits per heavy atom. The normalized spacial score (nSPS) is 27.1. The standard InChI is InChI=1S/C18H26N2O/c1-13-7-5-6-10-16(13)20-17(14-8-3-2-4-9-14)18(21)19-15-11-12-15/h2-4,8-9,13,15-17,20H,5-7,10-12H2,1H3,(H,19,21)/p+1/t13-,16-,17+/m1/s1. The third-order valence-electron chi connectivity index (χ3n) is 4.98. The zero-order chi connectivity index (χ0) is 14.7. The van der Waals surface area contributed by atoms with Crippen molar-refractivity contribution in [3.8, 4) is 0 Å². The van der Waals surface area contributed by atoms with Gasteiger partial charge in [-0.2, -0.15) is 0 Å². The molecule has 2 aliphatic rings. The van der Waals surface area contributed by atoms with Crippen LogP contribution in [-0.2, 0) is 4.79 Å². The van der Waals surface area contributed by atoms with E-state index in [1.807, 2.05) is 18.2 Å². The molecule has 0 saturated heterocycles. The Morgan fingerprint density at radius 3 is 2.52 bits per heavy atom. The van der Waals surface area contributed by atoms with Crippen molar-refractivity contribution in [3.05, 3.63) is 35.9 Å². The molecule has 3 nitrogen and oxygen atoms in total. The van der Waals surface area contributed by atoms with E-state index >= 15 is 0 Å². The molecule has 0 aromatic heterocycles. The second-order valence-corrected chi connectivity index (χ2v) is 6.79. The molecule has 114 valence electrons. The van der Waals surface area contributed by atoms with Crippen LogP contribution in [0.2, 0.25) is 0 Å². The summed E-state index contributed by atoms with van der Waals surface area (Å²) in [5.74, 6) is 0.903. The predicted octanol–water partition coefficient (Wildman–Crippen LogP) is 2.15. The molecule has 0 heterocycles. The number of quaternary nitrogens is 1. The summed E-state index contributed by atoms with van der Waals surface area (Å²) in [7, 11) is 0. The lowest BCUT2D eigenvalue weighted by atomic mass is 9.85. The highest BCUT2D eigenvalue weighted by Crippen LogP contribution is 2.23. The molecule has 2 aliphatic carbocycles. The number of carbonyl (C=O) groups is 1. The quantitative estimate of drug-likeness (QED) is 0.856. The number of nitrogens with one attached hydrogen (secondary N) is 1. The minimum atomic E-state index is -0.0858. The van der Waals surface area contributed by atoms with E-state index in [9.17, 15) is 4.79 Å². The van der Waals surface area contributed by atoms with Crippen LogP contribution < -0.4 is 10.6 Å². The number of hydrogen-bond donors (Lipinski definition) is 2. The summed E-state index contributed by atoms with van der Waals surface area (Å²) in [6.45, 7) is 2.33. The van der Waals surface area contributed by atoms with Gasteiger partial charge >= 0.3 is 0 Å². The van der Waals surface area contributed by atoms with E-state index in [4.69, 9.17) is 0 Å². The Morgan fingerprint density at radius 2 is 1.86 bits per heavy atom. The summed E-state index contributed by atoms with van der Waals surface area (Å²) in [4.78, 5) is 12.6. The fraction of sp³-hybridized carbons (Fsp3) is 0.611. The molecule has 0 radical (unpaired) electrons. The summed E-state index contributed by atoms with van der Waals surface area (Å²) < 4.78 is 0. The van der Waals surface area contributed by atoms with Crippen molar-refractivity contribution in [1.82, 2.24) is 5.32 Å². The molecule has 1 aromatic rings. The second-order valence-electron chi connectivity index (χ2n) is 6.79. The fourth-order valence-corrected chi connectivity index (χ4v) is 3.41. The highest BCUT2D eigenvalue weighted by molar-refractivity contribution is 5.82. The molecule has 21 heavy (non-hydrogen) atoms. The van der Waals surface area contributed by atoms with Gasteiger partial charge in [0.15, 0.2) is 6.04 Å². The van der Waals surface area contributed by atoms with E-state index in [-0.39, 0.29) is 11.9 Å². The zero-order valence-corrected chi connectivity index (χ0v) is 12.9. The maximum atomic E-state index is 12.6. The highest BCUT2D eigenvalue weighted by atomic mass is 16.2. The van der Waals surface area contributed by atoms with Gasteiger partial charge in [-0.1, -0.05) is 43.7 Å². The molecule has 0 spiro atoms. The Hall–Kier alpha value is -1.35. The van der Waals surface area contributed by atoms with Crippen molar-refractivity contribution in [3.63, 3.8) is 0 Å². The summed E-state index contributed by atoms with van der Waals surface area (Å²) in [6.07, 6.45) is 7.47. The van der Waals surface area contributed by atoms with E-state index < -0.39 is 0 Å². The van der Waals surface area contributed by atoms with Gasteiger partial charge in [-0.3, -0.25) is 4.79 Å². The van der Waals surface area contributed by atoms with E-state index in [2.05, 4.69) is 29.7 Å². The van der Waals surface area contributed by atoms with E-state index in [0.717, 1.165) is 18.4 Å². The van der Waals surface area contributed by atoms with E-state index in [1.165, 1.54) is 25.7 Å². The summed E-state index contributed by atoms with van der Waals surface area (Å²) >= 11 is 0. The summed E-state index contributed by atoms with van der Waals surface area (Å²) in [5.41, 5.74) is 1.13. The first-order valence-electron chi connectivity index (χ1n) is 8.44. The van der Waals surface area contributed by atoms with Gasteiger partial charge in [0.25, 0.3) is 5.91 Å². The SMILES string of the molecule is C[C@@H]1CCCC[C@H]1[NH2+][C@H](C(=O)NC1CC1)c1ccccc1. The van der Waals surface area contributed by atoms with Crippen LogP contribution in [0.15, 0.2) is 30.3 Å². The maximum absolute atomic E-state index is 12.6. The first-order valence-corrected chi connectivity index (χ1v) is 8.44. The van der Waals surface area contributed by atoms with Gasteiger partial charge in [0, 0.05) is 17.5 Å². The van der Waals surface area contributed by atoms with E-state index in [1.54, 1.807) is 0 Å². The molecule has 1 amide bonds. The predicted molar refractivity (Wildman–Crippen MR) is 83.7 cm³/mol. The first-order chi connectivity index (χ1) is 10.2.